The quantitative estimate of drug-likeness (QED) is 0.525. The van der Waals surface area contributed by atoms with Crippen LogP contribution in [-0.4, -0.2) is 34.2 Å². The third kappa shape index (κ3) is 5.77. The van der Waals surface area contributed by atoms with E-state index >= 15 is 0 Å². The fourth-order valence-corrected chi connectivity index (χ4v) is 2.79. The summed E-state index contributed by atoms with van der Waals surface area (Å²) in [6, 6.07) is 7.45. The summed E-state index contributed by atoms with van der Waals surface area (Å²) >= 11 is 0. The summed E-state index contributed by atoms with van der Waals surface area (Å²) in [7, 11) is 1.53. The summed E-state index contributed by atoms with van der Waals surface area (Å²) in [5, 5.41) is 10.3. The van der Waals surface area contributed by atoms with Crippen molar-refractivity contribution >= 4 is 17.6 Å². The third-order valence-corrected chi connectivity index (χ3v) is 4.41. The molecule has 170 valence electrons. The highest BCUT2D eigenvalue weighted by Crippen LogP contribution is 2.30. The van der Waals surface area contributed by atoms with Crippen LogP contribution in [0.2, 0.25) is 0 Å². The van der Waals surface area contributed by atoms with Crippen LogP contribution in [-0.2, 0) is 17.5 Å². The number of carbonyl (C=O) groups is 1. The number of carbonyl (C=O) groups excluding carboxylic acids is 1. The first-order chi connectivity index (χ1) is 15.2. The molecule has 0 bridgehead atoms. The van der Waals surface area contributed by atoms with Gasteiger partial charge in [0.1, 0.15) is 0 Å². The van der Waals surface area contributed by atoms with Crippen molar-refractivity contribution < 1.29 is 27.4 Å². The van der Waals surface area contributed by atoms with Crippen LogP contribution >= 0.6 is 0 Å². The molecule has 0 saturated heterocycles. The van der Waals surface area contributed by atoms with Crippen molar-refractivity contribution in [3.8, 4) is 11.5 Å². The molecule has 0 atom stereocenters. The second kappa shape index (κ2) is 9.71. The molecule has 32 heavy (non-hydrogen) atoms. The monoisotopic (exact) mass is 448 g/mol. The predicted octanol–water partition coefficient (Wildman–Crippen LogP) is 4.12. The molecule has 1 N–H and O–H groups in total. The minimum Gasteiger partial charge on any atom is -0.493 e. The standard InChI is InChI=1S/C22H23F3N4O3/c1-14(2)13-32-17-7-4-15(10-18(17)31-3)5-9-21(30)26-11-20-28-27-19-8-6-16(12-29(19)20)22(23,24)25/h4-10,12,14H,11,13H2,1-3H3,(H,26,30)/b9-5+. The highest BCUT2D eigenvalue weighted by atomic mass is 19.4. The van der Waals surface area contributed by atoms with Gasteiger partial charge in [-0.1, -0.05) is 19.9 Å². The molecular weight excluding hydrogens is 425 g/mol. The summed E-state index contributed by atoms with van der Waals surface area (Å²) in [6.45, 7) is 4.55. The van der Waals surface area contributed by atoms with E-state index in [0.717, 1.165) is 17.8 Å². The van der Waals surface area contributed by atoms with E-state index in [1.54, 1.807) is 24.3 Å². The molecule has 0 saturated carbocycles. The summed E-state index contributed by atoms with van der Waals surface area (Å²) in [5.74, 6) is 1.27. The first kappa shape index (κ1) is 23.1. The minimum absolute atomic E-state index is 0.0864. The molecule has 0 radical (unpaired) electrons. The first-order valence-electron chi connectivity index (χ1n) is 9.85. The van der Waals surface area contributed by atoms with Gasteiger partial charge in [-0.2, -0.15) is 13.2 Å². The molecule has 3 aromatic rings. The number of pyridine rings is 1. The number of hydrogen-bond acceptors (Lipinski definition) is 5. The number of ether oxygens (including phenoxy) is 2. The number of fused-ring (bicyclic) bond motifs is 1. The number of methoxy groups -OCH3 is 1. The summed E-state index contributed by atoms with van der Waals surface area (Å²) in [4.78, 5) is 12.2. The van der Waals surface area contributed by atoms with E-state index in [1.165, 1.54) is 23.7 Å². The van der Waals surface area contributed by atoms with Crippen LogP contribution in [0.15, 0.2) is 42.6 Å². The molecule has 2 heterocycles. The zero-order valence-electron chi connectivity index (χ0n) is 17.8. The van der Waals surface area contributed by atoms with E-state index < -0.39 is 17.6 Å². The van der Waals surface area contributed by atoms with E-state index in [4.69, 9.17) is 9.47 Å². The number of rotatable bonds is 8. The molecule has 1 amide bonds. The molecule has 1 aromatic carbocycles. The molecule has 0 aliphatic rings. The van der Waals surface area contributed by atoms with Gasteiger partial charge in [0.2, 0.25) is 5.91 Å². The summed E-state index contributed by atoms with van der Waals surface area (Å²) < 4.78 is 51.1. The Morgan fingerprint density at radius 3 is 2.66 bits per heavy atom. The smallest absolute Gasteiger partial charge is 0.417 e. The lowest BCUT2D eigenvalue weighted by atomic mass is 10.2. The van der Waals surface area contributed by atoms with E-state index in [9.17, 15) is 18.0 Å². The summed E-state index contributed by atoms with van der Waals surface area (Å²) in [5.41, 5.74) is 0.147. The molecule has 0 spiro atoms. The van der Waals surface area contributed by atoms with Gasteiger partial charge in [0.05, 0.1) is 25.8 Å². The number of hydrogen-bond donors (Lipinski definition) is 1. The van der Waals surface area contributed by atoms with Crippen molar-refractivity contribution in [2.24, 2.45) is 5.92 Å². The van der Waals surface area contributed by atoms with Crippen molar-refractivity contribution in [2.45, 2.75) is 26.6 Å². The molecule has 0 aliphatic heterocycles. The van der Waals surface area contributed by atoms with E-state index in [1.807, 2.05) is 13.8 Å². The molecule has 2 aromatic heterocycles. The van der Waals surface area contributed by atoms with Crippen molar-refractivity contribution in [2.75, 3.05) is 13.7 Å². The lowest BCUT2D eigenvalue weighted by Gasteiger charge is -2.12. The zero-order chi connectivity index (χ0) is 23.3. The Morgan fingerprint density at radius 1 is 1.19 bits per heavy atom. The number of benzene rings is 1. The Morgan fingerprint density at radius 2 is 1.97 bits per heavy atom. The molecule has 0 aliphatic carbocycles. The van der Waals surface area contributed by atoms with Crippen molar-refractivity contribution in [3.63, 3.8) is 0 Å². The van der Waals surface area contributed by atoms with Crippen LogP contribution in [0.1, 0.15) is 30.8 Å². The van der Waals surface area contributed by atoms with Crippen molar-refractivity contribution in [1.29, 1.82) is 0 Å². The fourth-order valence-electron chi connectivity index (χ4n) is 2.79. The van der Waals surface area contributed by atoms with Crippen LogP contribution in [0.3, 0.4) is 0 Å². The molecule has 7 nitrogen and oxygen atoms in total. The number of aromatic nitrogens is 3. The topological polar surface area (TPSA) is 77.8 Å². The second-order valence-corrected chi connectivity index (χ2v) is 7.43. The van der Waals surface area contributed by atoms with E-state index in [-0.39, 0.29) is 18.0 Å². The number of halogens is 3. The Balaban J connectivity index is 1.65. The fraction of sp³-hybridized carbons (Fsp3) is 0.318. The summed E-state index contributed by atoms with van der Waals surface area (Å²) in [6.07, 6.45) is -0.679. The first-order valence-corrected chi connectivity index (χ1v) is 9.85. The van der Waals surface area contributed by atoms with Gasteiger partial charge in [-0.25, -0.2) is 0 Å². The lowest BCUT2D eigenvalue weighted by Crippen LogP contribution is -2.21. The van der Waals surface area contributed by atoms with Crippen LogP contribution in [0.5, 0.6) is 11.5 Å². The van der Waals surface area contributed by atoms with Gasteiger partial charge in [0.15, 0.2) is 23.0 Å². The number of alkyl halides is 3. The largest absolute Gasteiger partial charge is 0.493 e. The van der Waals surface area contributed by atoms with E-state index in [2.05, 4.69) is 15.5 Å². The van der Waals surface area contributed by atoms with Gasteiger partial charge in [0, 0.05) is 12.3 Å². The molecule has 3 rings (SSSR count). The van der Waals surface area contributed by atoms with Crippen LogP contribution in [0, 0.1) is 5.92 Å². The maximum atomic E-state index is 12.9. The van der Waals surface area contributed by atoms with Crippen LogP contribution < -0.4 is 14.8 Å². The molecule has 0 fully saturated rings. The maximum absolute atomic E-state index is 12.9. The second-order valence-electron chi connectivity index (χ2n) is 7.43. The van der Waals surface area contributed by atoms with Crippen molar-refractivity contribution in [3.05, 3.63) is 59.6 Å². The maximum Gasteiger partial charge on any atom is 0.417 e. The van der Waals surface area contributed by atoms with Gasteiger partial charge >= 0.3 is 6.18 Å². The highest BCUT2D eigenvalue weighted by molar-refractivity contribution is 5.91. The van der Waals surface area contributed by atoms with Gasteiger partial charge in [-0.15, -0.1) is 10.2 Å². The van der Waals surface area contributed by atoms with Gasteiger partial charge in [0.25, 0.3) is 0 Å². The molecule has 0 unspecified atom stereocenters. The van der Waals surface area contributed by atoms with Gasteiger partial charge in [-0.3, -0.25) is 9.20 Å². The Hall–Kier alpha value is -3.56. The van der Waals surface area contributed by atoms with Crippen molar-refractivity contribution in [1.82, 2.24) is 19.9 Å². The average molecular weight is 448 g/mol. The van der Waals surface area contributed by atoms with E-state index in [0.29, 0.717) is 24.0 Å². The predicted molar refractivity (Wildman–Crippen MR) is 112 cm³/mol. The Bertz CT molecular complexity index is 1120. The number of nitrogens with zero attached hydrogens (tertiary/aromatic N) is 3. The van der Waals surface area contributed by atoms with Crippen LogP contribution in [0.25, 0.3) is 11.7 Å². The normalized spacial score (nSPS) is 12.0. The lowest BCUT2D eigenvalue weighted by molar-refractivity contribution is -0.137. The Kier molecular flexibility index (Phi) is 7.01. The Labute approximate surface area is 182 Å². The minimum atomic E-state index is -4.49. The SMILES string of the molecule is COc1cc(/C=C/C(=O)NCc2nnc3ccc(C(F)(F)F)cn23)ccc1OCC(C)C. The third-order valence-electron chi connectivity index (χ3n) is 4.41. The molecule has 10 heteroatoms. The molecular formula is C22H23F3N4O3. The number of nitrogens with one attached hydrogen (secondary N) is 1. The van der Waals surface area contributed by atoms with Crippen LogP contribution in [0.4, 0.5) is 13.2 Å². The number of amides is 1. The zero-order valence-corrected chi connectivity index (χ0v) is 17.8. The van der Waals surface area contributed by atoms with Gasteiger partial charge in [-0.05, 0) is 41.8 Å². The average Bonchev–Trinajstić information content (AvgIpc) is 3.16. The highest BCUT2D eigenvalue weighted by Gasteiger charge is 2.31. The van der Waals surface area contributed by atoms with Gasteiger partial charge < -0.3 is 14.8 Å².